The Morgan fingerprint density at radius 2 is 2.16 bits per heavy atom. The maximum absolute atomic E-state index is 12.9. The molecule has 1 atom stereocenters. The molecule has 6 heteroatoms. The molecule has 3 heterocycles. The van der Waals surface area contributed by atoms with Crippen LogP contribution in [0.4, 0.5) is 0 Å². The molecule has 2 aromatic heterocycles. The second-order valence-electron chi connectivity index (χ2n) is 6.73. The van der Waals surface area contributed by atoms with E-state index in [9.17, 15) is 4.79 Å². The summed E-state index contributed by atoms with van der Waals surface area (Å²) in [4.78, 5) is 22.6. The lowest BCUT2D eigenvalue weighted by Crippen LogP contribution is -2.39. The van der Waals surface area contributed by atoms with E-state index in [1.165, 1.54) is 17.8 Å². The van der Waals surface area contributed by atoms with Crippen LogP contribution < -0.4 is 0 Å². The summed E-state index contributed by atoms with van der Waals surface area (Å²) in [5.74, 6) is 0.0589. The van der Waals surface area contributed by atoms with Gasteiger partial charge in [0.05, 0.1) is 5.69 Å². The molecule has 0 unspecified atom stereocenters. The number of aromatic nitrogens is 2. The van der Waals surface area contributed by atoms with Gasteiger partial charge in [-0.25, -0.2) is 4.98 Å². The molecule has 130 valence electrons. The quantitative estimate of drug-likeness (QED) is 0.722. The average Bonchev–Trinajstić information content (AvgIpc) is 3.31. The summed E-state index contributed by atoms with van der Waals surface area (Å²) in [6.45, 7) is 1.89. The number of carbonyl (C=O) groups excluding carboxylic acids is 1. The molecule has 1 amide bonds. The standard InChI is InChI=1S/C19H22N4OS/c1-21-10-6-9-15(21)11-22(2)18(24)17-13-25-19-20-16(12-23(17)19)14-7-4-3-5-8-14/h3-5,7-8,12-13,15H,6,9-11H2,1-2H3/t15-/m1/s1. The first-order valence-corrected chi connectivity index (χ1v) is 9.49. The second kappa shape index (κ2) is 6.61. The third kappa shape index (κ3) is 3.07. The number of nitrogens with zero attached hydrogens (tertiary/aromatic N) is 4. The van der Waals surface area contributed by atoms with E-state index >= 15 is 0 Å². The highest BCUT2D eigenvalue weighted by Crippen LogP contribution is 2.24. The lowest BCUT2D eigenvalue weighted by molar-refractivity contribution is 0.0755. The van der Waals surface area contributed by atoms with Gasteiger partial charge in [-0.15, -0.1) is 11.3 Å². The molecule has 0 spiro atoms. The molecule has 1 aliphatic rings. The van der Waals surface area contributed by atoms with Gasteiger partial charge in [-0.05, 0) is 26.4 Å². The Kier molecular flexibility index (Phi) is 4.31. The maximum atomic E-state index is 12.9. The van der Waals surface area contributed by atoms with Crippen LogP contribution >= 0.6 is 11.3 Å². The SMILES string of the molecule is CN(C[C@H]1CCCN1C)C(=O)c1csc2nc(-c3ccccc3)cn12. The van der Waals surface area contributed by atoms with Crippen LogP contribution in [0, 0.1) is 0 Å². The molecule has 0 N–H and O–H groups in total. The topological polar surface area (TPSA) is 40.8 Å². The number of carbonyl (C=O) groups is 1. The molecule has 0 bridgehead atoms. The summed E-state index contributed by atoms with van der Waals surface area (Å²) in [5, 5.41) is 1.91. The predicted molar refractivity (Wildman–Crippen MR) is 101 cm³/mol. The Morgan fingerprint density at radius 1 is 1.36 bits per heavy atom. The van der Waals surface area contributed by atoms with Crippen molar-refractivity contribution in [1.29, 1.82) is 0 Å². The van der Waals surface area contributed by atoms with Crippen molar-refractivity contribution < 1.29 is 4.79 Å². The van der Waals surface area contributed by atoms with Crippen LogP contribution in [0.5, 0.6) is 0 Å². The number of fused-ring (bicyclic) bond motifs is 1. The molecule has 1 aliphatic heterocycles. The van der Waals surface area contributed by atoms with Crippen LogP contribution in [0.1, 0.15) is 23.3 Å². The van der Waals surface area contributed by atoms with E-state index in [0.29, 0.717) is 11.7 Å². The van der Waals surface area contributed by atoms with Gasteiger partial charge >= 0.3 is 0 Å². The van der Waals surface area contributed by atoms with Crippen molar-refractivity contribution in [3.63, 3.8) is 0 Å². The Bertz CT molecular complexity index is 885. The Morgan fingerprint density at radius 3 is 2.88 bits per heavy atom. The van der Waals surface area contributed by atoms with Crippen molar-refractivity contribution in [1.82, 2.24) is 19.2 Å². The van der Waals surface area contributed by atoms with Crippen molar-refractivity contribution >= 4 is 22.2 Å². The van der Waals surface area contributed by atoms with E-state index < -0.39 is 0 Å². The zero-order valence-electron chi connectivity index (χ0n) is 14.6. The average molecular weight is 354 g/mol. The fraction of sp³-hybridized carbons (Fsp3) is 0.368. The van der Waals surface area contributed by atoms with Crippen LogP contribution in [-0.4, -0.2) is 58.3 Å². The molecule has 0 aliphatic carbocycles. The zero-order valence-corrected chi connectivity index (χ0v) is 15.4. The molecule has 1 saturated heterocycles. The predicted octanol–water partition coefficient (Wildman–Crippen LogP) is 3.23. The molecule has 3 aromatic rings. The third-order valence-corrected chi connectivity index (χ3v) is 5.84. The van der Waals surface area contributed by atoms with Gasteiger partial charge in [-0.3, -0.25) is 9.20 Å². The smallest absolute Gasteiger partial charge is 0.271 e. The van der Waals surface area contributed by atoms with Gasteiger partial charge in [0, 0.05) is 36.8 Å². The molecule has 25 heavy (non-hydrogen) atoms. The Labute approximate surface area is 151 Å². The highest BCUT2D eigenvalue weighted by Gasteiger charge is 2.25. The largest absolute Gasteiger partial charge is 0.339 e. The minimum atomic E-state index is 0.0589. The van der Waals surface area contributed by atoms with E-state index in [1.807, 2.05) is 58.3 Å². The van der Waals surface area contributed by atoms with E-state index in [4.69, 9.17) is 0 Å². The Hall–Kier alpha value is -2.18. The third-order valence-electron chi connectivity index (χ3n) is 5.00. The summed E-state index contributed by atoms with van der Waals surface area (Å²) in [5.41, 5.74) is 2.66. The van der Waals surface area contributed by atoms with E-state index in [-0.39, 0.29) is 5.91 Å². The van der Waals surface area contributed by atoms with Gasteiger partial charge in [-0.1, -0.05) is 30.3 Å². The summed E-state index contributed by atoms with van der Waals surface area (Å²) in [7, 11) is 4.04. The minimum Gasteiger partial charge on any atom is -0.339 e. The molecular formula is C19H22N4OS. The molecular weight excluding hydrogens is 332 g/mol. The van der Waals surface area contributed by atoms with Crippen LogP contribution in [0.3, 0.4) is 0 Å². The van der Waals surface area contributed by atoms with E-state index in [0.717, 1.165) is 35.7 Å². The number of likely N-dealkylation sites (N-methyl/N-ethyl adjacent to an activating group) is 2. The van der Waals surface area contributed by atoms with Crippen molar-refractivity contribution in [3.05, 3.63) is 47.6 Å². The first-order chi connectivity index (χ1) is 12.1. The summed E-state index contributed by atoms with van der Waals surface area (Å²) < 4.78 is 1.92. The number of hydrogen-bond donors (Lipinski definition) is 0. The van der Waals surface area contributed by atoms with Crippen molar-refractivity contribution in [2.24, 2.45) is 0 Å². The van der Waals surface area contributed by atoms with Crippen LogP contribution in [0.25, 0.3) is 16.2 Å². The fourth-order valence-electron chi connectivity index (χ4n) is 3.49. The molecule has 4 rings (SSSR count). The number of imidazole rings is 1. The lowest BCUT2D eigenvalue weighted by atomic mass is 10.2. The van der Waals surface area contributed by atoms with Crippen molar-refractivity contribution in [2.45, 2.75) is 18.9 Å². The van der Waals surface area contributed by atoms with Gasteiger partial charge < -0.3 is 9.80 Å². The normalized spacial score (nSPS) is 18.1. The highest BCUT2D eigenvalue weighted by molar-refractivity contribution is 7.15. The van der Waals surface area contributed by atoms with Gasteiger partial charge in [0.25, 0.3) is 5.91 Å². The number of hydrogen-bond acceptors (Lipinski definition) is 4. The summed E-state index contributed by atoms with van der Waals surface area (Å²) in [6.07, 6.45) is 4.34. The van der Waals surface area contributed by atoms with Crippen molar-refractivity contribution in [2.75, 3.05) is 27.2 Å². The van der Waals surface area contributed by atoms with Crippen LogP contribution in [0.15, 0.2) is 41.9 Å². The number of benzene rings is 1. The van der Waals surface area contributed by atoms with E-state index in [1.54, 1.807) is 0 Å². The number of rotatable bonds is 4. The second-order valence-corrected chi connectivity index (χ2v) is 7.56. The van der Waals surface area contributed by atoms with Gasteiger partial charge in [0.15, 0.2) is 4.96 Å². The summed E-state index contributed by atoms with van der Waals surface area (Å²) >= 11 is 1.51. The maximum Gasteiger partial charge on any atom is 0.271 e. The lowest BCUT2D eigenvalue weighted by Gasteiger charge is -2.25. The molecule has 1 fully saturated rings. The first kappa shape index (κ1) is 16.3. The zero-order chi connectivity index (χ0) is 17.4. The van der Waals surface area contributed by atoms with Gasteiger partial charge in [0.2, 0.25) is 0 Å². The first-order valence-electron chi connectivity index (χ1n) is 8.61. The monoisotopic (exact) mass is 354 g/mol. The minimum absolute atomic E-state index is 0.0589. The molecule has 1 aromatic carbocycles. The van der Waals surface area contributed by atoms with Crippen LogP contribution in [0.2, 0.25) is 0 Å². The van der Waals surface area contributed by atoms with Gasteiger partial charge in [-0.2, -0.15) is 0 Å². The molecule has 5 nitrogen and oxygen atoms in total. The van der Waals surface area contributed by atoms with Crippen LogP contribution in [-0.2, 0) is 0 Å². The summed E-state index contributed by atoms with van der Waals surface area (Å²) in [6, 6.07) is 10.5. The van der Waals surface area contributed by atoms with Crippen molar-refractivity contribution in [3.8, 4) is 11.3 Å². The molecule has 0 radical (unpaired) electrons. The Balaban J connectivity index is 1.58. The highest BCUT2D eigenvalue weighted by atomic mass is 32.1. The number of likely N-dealkylation sites (tertiary alicyclic amines) is 1. The fourth-order valence-corrected chi connectivity index (χ4v) is 4.34. The number of amides is 1. The van der Waals surface area contributed by atoms with E-state index in [2.05, 4.69) is 16.9 Å². The van der Waals surface area contributed by atoms with Gasteiger partial charge in [0.1, 0.15) is 5.69 Å². The molecule has 0 saturated carbocycles. The number of thiazole rings is 1.